The summed E-state index contributed by atoms with van der Waals surface area (Å²) in [6.45, 7) is 6.88. The minimum Gasteiger partial charge on any atom is -0.101 e. The Morgan fingerprint density at radius 2 is 1.75 bits per heavy atom. The van der Waals surface area contributed by atoms with Gasteiger partial charge in [0.15, 0.2) is 0 Å². The molecule has 2 aliphatic carbocycles. The Morgan fingerprint density at radius 3 is 1.92 bits per heavy atom. The summed E-state index contributed by atoms with van der Waals surface area (Å²) in [5.41, 5.74) is 0.463. The molecule has 2 fully saturated rings. The molecule has 0 spiro atoms. The highest BCUT2D eigenvalue weighted by molar-refractivity contribution is 6.49. The van der Waals surface area contributed by atoms with E-state index in [1.54, 1.807) is 0 Å². The number of fused-ring (bicyclic) bond motifs is 2. The van der Waals surface area contributed by atoms with E-state index in [-0.39, 0.29) is 5.41 Å². The van der Waals surface area contributed by atoms with Crippen molar-refractivity contribution >= 4 is 23.2 Å². The van der Waals surface area contributed by atoms with Gasteiger partial charge in [0, 0.05) is 5.41 Å². The summed E-state index contributed by atoms with van der Waals surface area (Å²) in [6, 6.07) is 0. The highest BCUT2D eigenvalue weighted by atomic mass is 35.5. The van der Waals surface area contributed by atoms with E-state index in [4.69, 9.17) is 23.2 Å². The number of alkyl halides is 2. The van der Waals surface area contributed by atoms with E-state index in [0.717, 1.165) is 12.3 Å². The predicted molar refractivity (Wildman–Crippen MR) is 53.7 cm³/mol. The van der Waals surface area contributed by atoms with Crippen molar-refractivity contribution < 1.29 is 0 Å². The molecule has 0 nitrogen and oxygen atoms in total. The highest BCUT2D eigenvalue weighted by Gasteiger charge is 2.67. The van der Waals surface area contributed by atoms with Crippen molar-refractivity contribution in [2.45, 2.75) is 44.4 Å². The molecule has 2 bridgehead atoms. The maximum absolute atomic E-state index is 6.36. The second-order valence-corrected chi connectivity index (χ2v) is 6.68. The van der Waals surface area contributed by atoms with Crippen molar-refractivity contribution in [3.05, 3.63) is 0 Å². The lowest BCUT2D eigenvalue weighted by Gasteiger charge is -2.41. The number of hydrogen-bond donors (Lipinski definition) is 0. The molecule has 0 N–H and O–H groups in total. The Labute approximate surface area is 84.6 Å². The van der Waals surface area contributed by atoms with Crippen LogP contribution in [0.5, 0.6) is 0 Å². The van der Waals surface area contributed by atoms with Crippen LogP contribution in [0.4, 0.5) is 0 Å². The summed E-state index contributed by atoms with van der Waals surface area (Å²) >= 11 is 12.7. The van der Waals surface area contributed by atoms with E-state index in [9.17, 15) is 0 Å². The SMILES string of the molecule is CC1(C)C2CCC1(C)C(Cl)(Cl)C2. The first kappa shape index (κ1) is 9.15. The van der Waals surface area contributed by atoms with Gasteiger partial charge < -0.3 is 0 Å². The maximum Gasteiger partial charge on any atom is 0.124 e. The van der Waals surface area contributed by atoms with Gasteiger partial charge in [0.1, 0.15) is 4.33 Å². The quantitative estimate of drug-likeness (QED) is 0.526. The van der Waals surface area contributed by atoms with Crippen LogP contribution in [0.3, 0.4) is 0 Å². The Balaban J connectivity index is 2.47. The first-order valence-electron chi connectivity index (χ1n) is 4.69. The van der Waals surface area contributed by atoms with E-state index in [1.807, 2.05) is 0 Å². The molecule has 0 saturated heterocycles. The summed E-state index contributed by atoms with van der Waals surface area (Å²) in [5.74, 6) is 0.734. The molecule has 2 atom stereocenters. The first-order valence-corrected chi connectivity index (χ1v) is 5.45. The van der Waals surface area contributed by atoms with E-state index in [0.29, 0.717) is 5.41 Å². The summed E-state index contributed by atoms with van der Waals surface area (Å²) in [7, 11) is 0. The van der Waals surface area contributed by atoms with Crippen molar-refractivity contribution in [1.82, 2.24) is 0 Å². The predicted octanol–water partition coefficient (Wildman–Crippen LogP) is 4.01. The van der Waals surface area contributed by atoms with Gasteiger partial charge in [-0.15, -0.1) is 23.2 Å². The third kappa shape index (κ3) is 0.767. The van der Waals surface area contributed by atoms with Crippen LogP contribution in [0.1, 0.15) is 40.0 Å². The lowest BCUT2D eigenvalue weighted by atomic mass is 9.70. The topological polar surface area (TPSA) is 0 Å². The molecule has 0 radical (unpaired) electrons. The van der Waals surface area contributed by atoms with Gasteiger partial charge in [-0.1, -0.05) is 20.8 Å². The van der Waals surface area contributed by atoms with Gasteiger partial charge in [-0.25, -0.2) is 0 Å². The van der Waals surface area contributed by atoms with Crippen molar-refractivity contribution in [2.24, 2.45) is 16.7 Å². The fraction of sp³-hybridized carbons (Fsp3) is 1.00. The monoisotopic (exact) mass is 206 g/mol. The molecule has 0 amide bonds. The molecule has 2 aliphatic rings. The van der Waals surface area contributed by atoms with Crippen molar-refractivity contribution in [3.8, 4) is 0 Å². The van der Waals surface area contributed by atoms with Crippen molar-refractivity contribution in [3.63, 3.8) is 0 Å². The third-order valence-corrected chi connectivity index (χ3v) is 5.89. The summed E-state index contributed by atoms with van der Waals surface area (Å²) in [5, 5.41) is 0. The Morgan fingerprint density at radius 1 is 1.17 bits per heavy atom. The number of halogens is 2. The molecule has 0 aromatic carbocycles. The molecule has 70 valence electrons. The minimum atomic E-state index is -0.473. The Hall–Kier alpha value is 0.580. The Kier molecular flexibility index (Phi) is 1.64. The molecule has 12 heavy (non-hydrogen) atoms. The van der Waals surface area contributed by atoms with E-state index < -0.39 is 4.33 Å². The van der Waals surface area contributed by atoms with Gasteiger partial charge in [0.05, 0.1) is 0 Å². The fourth-order valence-corrected chi connectivity index (χ4v) is 4.19. The Bertz CT molecular complexity index is 220. The van der Waals surface area contributed by atoms with Gasteiger partial charge >= 0.3 is 0 Å². The largest absolute Gasteiger partial charge is 0.124 e. The third-order valence-electron chi connectivity index (χ3n) is 4.75. The maximum atomic E-state index is 6.36. The second-order valence-electron chi connectivity index (χ2n) is 5.20. The van der Waals surface area contributed by atoms with Crippen LogP contribution < -0.4 is 0 Å². The summed E-state index contributed by atoms with van der Waals surface area (Å²) in [4.78, 5) is 0. The van der Waals surface area contributed by atoms with Crippen LogP contribution in [-0.4, -0.2) is 4.33 Å². The van der Waals surface area contributed by atoms with Crippen LogP contribution in [-0.2, 0) is 0 Å². The van der Waals surface area contributed by atoms with E-state index in [2.05, 4.69) is 20.8 Å². The lowest BCUT2D eigenvalue weighted by Crippen LogP contribution is -2.38. The van der Waals surface area contributed by atoms with Crippen LogP contribution in [0, 0.1) is 16.7 Å². The molecule has 0 heterocycles. The van der Waals surface area contributed by atoms with Crippen LogP contribution >= 0.6 is 23.2 Å². The van der Waals surface area contributed by atoms with E-state index >= 15 is 0 Å². The van der Waals surface area contributed by atoms with Crippen molar-refractivity contribution in [2.75, 3.05) is 0 Å². The molecule has 0 aromatic heterocycles. The van der Waals surface area contributed by atoms with Gasteiger partial charge in [0.2, 0.25) is 0 Å². The molecule has 2 unspecified atom stereocenters. The first-order chi connectivity index (χ1) is 5.31. The van der Waals surface area contributed by atoms with Crippen LogP contribution in [0.2, 0.25) is 0 Å². The molecule has 2 saturated carbocycles. The highest BCUT2D eigenvalue weighted by Crippen LogP contribution is 2.72. The molecular formula is C10H16Cl2. The normalized spacial score (nSPS) is 48.2. The zero-order chi connectivity index (χ0) is 9.20. The standard InChI is InChI=1S/C10H16Cl2/c1-8(2)7-4-5-9(8,3)10(11,12)6-7/h7H,4-6H2,1-3H3. The zero-order valence-corrected chi connectivity index (χ0v) is 9.47. The van der Waals surface area contributed by atoms with Crippen LogP contribution in [0.25, 0.3) is 0 Å². The zero-order valence-electron chi connectivity index (χ0n) is 7.95. The molecular weight excluding hydrogens is 191 g/mol. The molecule has 2 rings (SSSR count). The molecule has 2 heteroatoms. The van der Waals surface area contributed by atoms with Gasteiger partial charge in [0.25, 0.3) is 0 Å². The molecule has 0 aromatic rings. The smallest absolute Gasteiger partial charge is 0.101 e. The van der Waals surface area contributed by atoms with E-state index in [1.165, 1.54) is 12.8 Å². The average Bonchev–Trinajstić information content (AvgIpc) is 2.18. The fourth-order valence-electron chi connectivity index (χ4n) is 3.14. The number of rotatable bonds is 0. The molecule has 0 aliphatic heterocycles. The summed E-state index contributed by atoms with van der Waals surface area (Å²) in [6.07, 6.45) is 3.49. The average molecular weight is 207 g/mol. The van der Waals surface area contributed by atoms with Crippen molar-refractivity contribution in [1.29, 1.82) is 0 Å². The van der Waals surface area contributed by atoms with Gasteiger partial charge in [-0.3, -0.25) is 0 Å². The second kappa shape index (κ2) is 2.15. The van der Waals surface area contributed by atoms with Gasteiger partial charge in [-0.2, -0.15) is 0 Å². The van der Waals surface area contributed by atoms with Crippen LogP contribution in [0.15, 0.2) is 0 Å². The number of hydrogen-bond acceptors (Lipinski definition) is 0. The van der Waals surface area contributed by atoms with Gasteiger partial charge in [-0.05, 0) is 30.6 Å². The lowest BCUT2D eigenvalue weighted by molar-refractivity contribution is 0.145. The minimum absolute atomic E-state index is 0.133. The summed E-state index contributed by atoms with van der Waals surface area (Å²) < 4.78 is -0.473.